The number of carbonyl (C=O) groups is 2. The minimum absolute atomic E-state index is 0.00642. The van der Waals surface area contributed by atoms with Crippen LogP contribution in [-0.4, -0.2) is 43.7 Å². The van der Waals surface area contributed by atoms with E-state index in [0.717, 1.165) is 0 Å². The van der Waals surface area contributed by atoms with Gasteiger partial charge in [-0.25, -0.2) is 0 Å². The molecule has 0 aliphatic rings. The highest BCUT2D eigenvalue weighted by Gasteiger charge is 2.14. The van der Waals surface area contributed by atoms with Crippen LogP contribution in [0, 0.1) is 0 Å². The van der Waals surface area contributed by atoms with Crippen molar-refractivity contribution in [3.05, 3.63) is 24.3 Å². The number of anilines is 1. The number of benzene rings is 1. The second-order valence-corrected chi connectivity index (χ2v) is 3.90. The second kappa shape index (κ2) is 7.25. The summed E-state index contributed by atoms with van der Waals surface area (Å²) in [4.78, 5) is 23.9. The van der Waals surface area contributed by atoms with E-state index in [9.17, 15) is 9.59 Å². The van der Waals surface area contributed by atoms with E-state index in [4.69, 9.17) is 9.84 Å². The Balaban J connectivity index is 2.82. The summed E-state index contributed by atoms with van der Waals surface area (Å²) in [6.45, 7) is 2.10. The lowest BCUT2D eigenvalue weighted by Gasteiger charge is -2.22. The molecule has 0 aliphatic heterocycles. The number of ether oxygens (including phenoxy) is 1. The molecule has 0 radical (unpaired) electrons. The first-order chi connectivity index (χ1) is 9.06. The molecule has 0 saturated carbocycles. The number of likely N-dealkylation sites (N-methyl/N-ethyl adjacent to an activating group) is 1. The molecule has 0 fully saturated rings. The number of hydrogen-bond donors (Lipinski definition) is 2. The summed E-state index contributed by atoms with van der Waals surface area (Å²) in [7, 11) is 1.55. The molecule has 2 N–H and O–H groups in total. The maximum Gasteiger partial charge on any atom is 0.323 e. The Morgan fingerprint density at radius 1 is 1.26 bits per heavy atom. The number of aliphatic carboxylic acids is 1. The second-order valence-electron chi connectivity index (χ2n) is 3.90. The van der Waals surface area contributed by atoms with E-state index in [1.54, 1.807) is 31.4 Å². The lowest BCUT2D eigenvalue weighted by atomic mass is 10.2. The van der Waals surface area contributed by atoms with Gasteiger partial charge in [-0.15, -0.1) is 0 Å². The molecule has 1 amide bonds. The van der Waals surface area contributed by atoms with Crippen molar-refractivity contribution in [2.24, 2.45) is 0 Å². The molecule has 0 saturated heterocycles. The van der Waals surface area contributed by atoms with Gasteiger partial charge in [0.05, 0.1) is 13.7 Å². The zero-order valence-corrected chi connectivity index (χ0v) is 11.0. The zero-order valence-electron chi connectivity index (χ0n) is 11.0. The van der Waals surface area contributed by atoms with Crippen LogP contribution in [0.15, 0.2) is 24.3 Å². The molecular formula is C13H18N2O4. The molecule has 0 atom stereocenters. The van der Waals surface area contributed by atoms with Crippen molar-refractivity contribution in [3.8, 4) is 5.75 Å². The predicted molar refractivity (Wildman–Crippen MR) is 71.5 cm³/mol. The Morgan fingerprint density at radius 2 is 1.89 bits per heavy atom. The predicted octanol–water partition coefficient (Wildman–Crippen LogP) is 0.722. The number of nitrogens with zero attached hydrogens (tertiary/aromatic N) is 1. The van der Waals surface area contributed by atoms with E-state index in [-0.39, 0.29) is 19.0 Å². The van der Waals surface area contributed by atoms with Crippen molar-refractivity contribution in [1.82, 2.24) is 5.32 Å². The number of nitrogens with one attached hydrogen (secondary N) is 1. The average molecular weight is 266 g/mol. The summed E-state index contributed by atoms with van der Waals surface area (Å²) in [5.41, 5.74) is 0.662. The quantitative estimate of drug-likeness (QED) is 0.760. The Labute approximate surface area is 112 Å². The van der Waals surface area contributed by atoms with Crippen LogP contribution in [0.4, 0.5) is 5.69 Å². The monoisotopic (exact) mass is 266 g/mol. The maximum absolute atomic E-state index is 11.6. The molecule has 1 rings (SSSR count). The fourth-order valence-corrected chi connectivity index (χ4v) is 1.62. The number of carboxylic acids is 1. The van der Waals surface area contributed by atoms with Crippen molar-refractivity contribution in [3.63, 3.8) is 0 Å². The van der Waals surface area contributed by atoms with Gasteiger partial charge in [0.15, 0.2) is 0 Å². The summed E-state index contributed by atoms with van der Waals surface area (Å²) in [5.74, 6) is -0.517. The normalized spacial score (nSPS) is 9.79. The number of amides is 1. The van der Waals surface area contributed by atoms with E-state index < -0.39 is 5.97 Å². The standard InChI is InChI=1S/C13H18N2O4/c1-3-14-12(16)8-15(9-13(17)18)10-4-6-11(19-2)7-5-10/h4-7H,3,8-9H2,1-2H3,(H,14,16)(H,17,18). The Bertz CT molecular complexity index is 431. The lowest BCUT2D eigenvalue weighted by molar-refractivity contribution is -0.135. The molecule has 0 aliphatic carbocycles. The molecular weight excluding hydrogens is 248 g/mol. The van der Waals surface area contributed by atoms with Crippen LogP contribution in [0.25, 0.3) is 0 Å². The van der Waals surface area contributed by atoms with Gasteiger partial charge in [-0.05, 0) is 31.2 Å². The Hall–Kier alpha value is -2.24. The third kappa shape index (κ3) is 4.87. The fourth-order valence-electron chi connectivity index (χ4n) is 1.62. The highest BCUT2D eigenvalue weighted by molar-refractivity contribution is 5.84. The van der Waals surface area contributed by atoms with Crippen molar-refractivity contribution in [2.45, 2.75) is 6.92 Å². The molecule has 6 nitrogen and oxygen atoms in total. The van der Waals surface area contributed by atoms with Gasteiger partial charge in [0.1, 0.15) is 12.3 Å². The van der Waals surface area contributed by atoms with Crippen molar-refractivity contribution in [1.29, 1.82) is 0 Å². The maximum atomic E-state index is 11.6. The topological polar surface area (TPSA) is 78.9 Å². The van der Waals surface area contributed by atoms with E-state index in [2.05, 4.69) is 5.32 Å². The van der Waals surface area contributed by atoms with Crippen molar-refractivity contribution < 1.29 is 19.4 Å². The molecule has 1 aromatic rings. The van der Waals surface area contributed by atoms with Gasteiger partial charge in [-0.3, -0.25) is 9.59 Å². The van der Waals surface area contributed by atoms with Crippen LogP contribution >= 0.6 is 0 Å². The summed E-state index contributed by atoms with van der Waals surface area (Å²) >= 11 is 0. The highest BCUT2D eigenvalue weighted by atomic mass is 16.5. The molecule has 6 heteroatoms. The van der Waals surface area contributed by atoms with Gasteiger partial charge < -0.3 is 20.1 Å². The lowest BCUT2D eigenvalue weighted by Crippen LogP contribution is -2.39. The highest BCUT2D eigenvalue weighted by Crippen LogP contribution is 2.18. The molecule has 1 aromatic carbocycles. The van der Waals surface area contributed by atoms with E-state index in [1.807, 2.05) is 6.92 Å². The largest absolute Gasteiger partial charge is 0.497 e. The number of rotatable bonds is 7. The molecule has 0 heterocycles. The van der Waals surface area contributed by atoms with Crippen molar-refractivity contribution >= 4 is 17.6 Å². The minimum atomic E-state index is -0.986. The van der Waals surface area contributed by atoms with E-state index in [1.165, 1.54) is 4.90 Å². The zero-order chi connectivity index (χ0) is 14.3. The third-order valence-corrected chi connectivity index (χ3v) is 2.47. The van der Waals surface area contributed by atoms with Crippen LogP contribution in [0.5, 0.6) is 5.75 Å². The first kappa shape index (κ1) is 14.8. The Kier molecular flexibility index (Phi) is 5.66. The molecule has 19 heavy (non-hydrogen) atoms. The van der Waals surface area contributed by atoms with Gasteiger partial charge in [0, 0.05) is 12.2 Å². The molecule has 0 spiro atoms. The Morgan fingerprint density at radius 3 is 2.37 bits per heavy atom. The summed E-state index contributed by atoms with van der Waals surface area (Å²) in [6, 6.07) is 6.89. The SMILES string of the molecule is CCNC(=O)CN(CC(=O)O)c1ccc(OC)cc1. The van der Waals surface area contributed by atoms with E-state index in [0.29, 0.717) is 18.0 Å². The van der Waals surface area contributed by atoms with Gasteiger partial charge in [-0.1, -0.05) is 0 Å². The number of methoxy groups -OCH3 is 1. The molecule has 104 valence electrons. The van der Waals surface area contributed by atoms with Gasteiger partial charge in [0.2, 0.25) is 5.91 Å². The van der Waals surface area contributed by atoms with E-state index >= 15 is 0 Å². The van der Waals surface area contributed by atoms with Crippen LogP contribution in [0.3, 0.4) is 0 Å². The minimum Gasteiger partial charge on any atom is -0.497 e. The summed E-state index contributed by atoms with van der Waals surface area (Å²) < 4.78 is 5.04. The van der Waals surface area contributed by atoms with Crippen LogP contribution < -0.4 is 15.0 Å². The first-order valence-electron chi connectivity index (χ1n) is 5.94. The number of carboxylic acid groups (broad SMARTS) is 1. The number of hydrogen-bond acceptors (Lipinski definition) is 4. The van der Waals surface area contributed by atoms with Crippen LogP contribution in [0.1, 0.15) is 6.92 Å². The van der Waals surface area contributed by atoms with Gasteiger partial charge in [0.25, 0.3) is 0 Å². The fraction of sp³-hybridized carbons (Fsp3) is 0.385. The molecule has 0 aromatic heterocycles. The number of carbonyl (C=O) groups excluding carboxylic acids is 1. The average Bonchev–Trinajstić information content (AvgIpc) is 2.38. The molecule has 0 bridgehead atoms. The van der Waals surface area contributed by atoms with Gasteiger partial charge >= 0.3 is 5.97 Å². The molecule has 0 unspecified atom stereocenters. The summed E-state index contributed by atoms with van der Waals surface area (Å²) in [5, 5.41) is 11.5. The third-order valence-electron chi connectivity index (χ3n) is 2.47. The van der Waals surface area contributed by atoms with Crippen LogP contribution in [0.2, 0.25) is 0 Å². The van der Waals surface area contributed by atoms with Crippen LogP contribution in [-0.2, 0) is 9.59 Å². The smallest absolute Gasteiger partial charge is 0.323 e. The van der Waals surface area contributed by atoms with Crippen molar-refractivity contribution in [2.75, 3.05) is 31.6 Å². The van der Waals surface area contributed by atoms with Gasteiger partial charge in [-0.2, -0.15) is 0 Å². The summed E-state index contributed by atoms with van der Waals surface area (Å²) in [6.07, 6.45) is 0. The first-order valence-corrected chi connectivity index (χ1v) is 5.94.